The largest absolute Gasteiger partial charge is 0.492 e. The number of ether oxygens (including phenoxy) is 1. The Kier molecular flexibility index (Phi) is 7.07. The quantitative estimate of drug-likeness (QED) is 0.318. The Morgan fingerprint density at radius 1 is 1.00 bits per heavy atom. The summed E-state index contributed by atoms with van der Waals surface area (Å²) < 4.78 is 8.00. The molecule has 0 bridgehead atoms. The first kappa shape index (κ1) is 21.9. The number of aromatic nitrogens is 2. The molecule has 0 saturated carbocycles. The summed E-state index contributed by atoms with van der Waals surface area (Å²) in [6.45, 7) is 3.35. The summed E-state index contributed by atoms with van der Waals surface area (Å²) in [4.78, 5) is 17.5. The Morgan fingerprint density at radius 2 is 1.72 bits per heavy atom. The zero-order chi connectivity index (χ0) is 22.3. The summed E-state index contributed by atoms with van der Waals surface area (Å²) in [6, 6.07) is 24.6. The van der Waals surface area contributed by atoms with E-state index in [1.807, 2.05) is 79.7 Å². The lowest BCUT2D eigenvalue weighted by Gasteiger charge is -2.16. The molecule has 0 aliphatic rings. The number of benzene rings is 3. The van der Waals surface area contributed by atoms with E-state index in [1.165, 1.54) is 0 Å². The fourth-order valence-electron chi connectivity index (χ4n) is 3.71. The Bertz CT molecular complexity index is 1190. The molecule has 0 fully saturated rings. The van der Waals surface area contributed by atoms with Gasteiger partial charge in [-0.2, -0.15) is 0 Å². The van der Waals surface area contributed by atoms with Crippen molar-refractivity contribution in [2.24, 2.45) is 0 Å². The van der Waals surface area contributed by atoms with Crippen molar-refractivity contribution in [1.82, 2.24) is 14.9 Å². The summed E-state index contributed by atoms with van der Waals surface area (Å²) >= 11 is 6.15. The molecular weight excluding hydrogens is 422 g/mol. The Labute approximate surface area is 193 Å². The van der Waals surface area contributed by atoms with Crippen LogP contribution in [0.4, 0.5) is 0 Å². The van der Waals surface area contributed by atoms with E-state index in [0.29, 0.717) is 22.9 Å². The molecule has 0 spiro atoms. The van der Waals surface area contributed by atoms with Gasteiger partial charge in [-0.25, -0.2) is 4.98 Å². The summed E-state index contributed by atoms with van der Waals surface area (Å²) in [5, 5.41) is 3.71. The Balaban J connectivity index is 1.43. The van der Waals surface area contributed by atoms with Crippen molar-refractivity contribution in [3.05, 3.63) is 95.3 Å². The van der Waals surface area contributed by atoms with Crippen LogP contribution in [0.5, 0.6) is 5.75 Å². The van der Waals surface area contributed by atoms with Gasteiger partial charge in [-0.1, -0.05) is 54.1 Å². The number of fused-ring (bicyclic) bond motifs is 1. The van der Waals surface area contributed by atoms with E-state index < -0.39 is 0 Å². The van der Waals surface area contributed by atoms with Gasteiger partial charge in [0.15, 0.2) is 0 Å². The highest BCUT2D eigenvalue weighted by atomic mass is 35.5. The van der Waals surface area contributed by atoms with Crippen LogP contribution in [-0.4, -0.2) is 22.1 Å². The van der Waals surface area contributed by atoms with Gasteiger partial charge in [0.1, 0.15) is 11.6 Å². The second-order valence-corrected chi connectivity index (χ2v) is 8.06. The molecule has 1 aromatic heterocycles. The molecule has 1 unspecified atom stereocenters. The molecule has 1 heterocycles. The molecule has 0 radical (unpaired) electrons. The zero-order valence-corrected chi connectivity index (χ0v) is 18.8. The van der Waals surface area contributed by atoms with Crippen LogP contribution in [0.3, 0.4) is 0 Å². The van der Waals surface area contributed by atoms with Crippen molar-refractivity contribution in [3.63, 3.8) is 0 Å². The van der Waals surface area contributed by atoms with Crippen LogP contribution in [0.2, 0.25) is 5.02 Å². The molecule has 3 aromatic carbocycles. The van der Waals surface area contributed by atoms with Gasteiger partial charge in [0.05, 0.1) is 28.7 Å². The lowest BCUT2D eigenvalue weighted by molar-refractivity contribution is 0.0937. The van der Waals surface area contributed by atoms with Crippen LogP contribution in [0, 0.1) is 0 Å². The van der Waals surface area contributed by atoms with Crippen LogP contribution in [0.25, 0.3) is 11.0 Å². The van der Waals surface area contributed by atoms with Crippen molar-refractivity contribution in [1.29, 1.82) is 0 Å². The average molecular weight is 448 g/mol. The summed E-state index contributed by atoms with van der Waals surface area (Å²) in [5.74, 6) is 1.45. The van der Waals surface area contributed by atoms with Gasteiger partial charge in [-0.05, 0) is 56.2 Å². The molecule has 32 heavy (non-hydrogen) atoms. The van der Waals surface area contributed by atoms with E-state index >= 15 is 0 Å². The molecule has 1 N–H and O–H groups in total. The number of nitrogens with zero attached hydrogens (tertiary/aromatic N) is 2. The first-order chi connectivity index (χ1) is 15.6. The molecule has 164 valence electrons. The van der Waals surface area contributed by atoms with Crippen molar-refractivity contribution in [2.45, 2.75) is 32.4 Å². The molecule has 0 aliphatic carbocycles. The molecule has 0 aliphatic heterocycles. The molecule has 1 atom stereocenters. The summed E-state index contributed by atoms with van der Waals surface area (Å²) in [6.07, 6.45) is 1.79. The number of para-hydroxylation sites is 3. The highest BCUT2D eigenvalue weighted by molar-refractivity contribution is 6.32. The predicted molar refractivity (Wildman–Crippen MR) is 128 cm³/mol. The van der Waals surface area contributed by atoms with E-state index in [-0.39, 0.29) is 11.9 Å². The minimum absolute atomic E-state index is 0.107. The monoisotopic (exact) mass is 447 g/mol. The number of hydrogen-bond donors (Lipinski definition) is 1. The molecular formula is C26H26ClN3O2. The van der Waals surface area contributed by atoms with Crippen LogP contribution < -0.4 is 10.1 Å². The number of unbranched alkanes of at least 4 members (excludes halogenated alkanes) is 1. The molecule has 4 aromatic rings. The van der Waals surface area contributed by atoms with Gasteiger partial charge in [-0.15, -0.1) is 0 Å². The van der Waals surface area contributed by atoms with Gasteiger partial charge in [-0.3, -0.25) is 4.79 Å². The van der Waals surface area contributed by atoms with Gasteiger partial charge < -0.3 is 14.6 Å². The van der Waals surface area contributed by atoms with Gasteiger partial charge in [0.25, 0.3) is 5.91 Å². The highest BCUT2D eigenvalue weighted by Crippen LogP contribution is 2.24. The number of carbonyl (C=O) groups excluding carboxylic acids is 1. The van der Waals surface area contributed by atoms with Crippen LogP contribution in [0.15, 0.2) is 78.9 Å². The smallest absolute Gasteiger partial charge is 0.251 e. The predicted octanol–water partition coefficient (Wildman–Crippen LogP) is 6.04. The van der Waals surface area contributed by atoms with Crippen LogP contribution in [0.1, 0.15) is 42.0 Å². The fraction of sp³-hybridized carbons (Fsp3) is 0.231. The second-order valence-electron chi connectivity index (χ2n) is 7.66. The third-order valence-electron chi connectivity index (χ3n) is 5.33. The normalized spacial score (nSPS) is 11.9. The lowest BCUT2D eigenvalue weighted by atomic mass is 10.2. The van der Waals surface area contributed by atoms with Crippen LogP contribution >= 0.6 is 11.6 Å². The molecule has 0 saturated heterocycles. The zero-order valence-electron chi connectivity index (χ0n) is 18.0. The number of halogens is 1. The van der Waals surface area contributed by atoms with Gasteiger partial charge in [0, 0.05) is 12.1 Å². The van der Waals surface area contributed by atoms with Gasteiger partial charge >= 0.3 is 0 Å². The third kappa shape index (κ3) is 5.11. The minimum Gasteiger partial charge on any atom is -0.492 e. The number of carbonyl (C=O) groups is 1. The minimum atomic E-state index is -0.227. The van der Waals surface area contributed by atoms with Gasteiger partial charge in [0.2, 0.25) is 0 Å². The SMILES string of the molecule is CC(NC(=O)c1ccccc1)c1nc2ccccc2n1CCCCOc1ccccc1Cl. The molecule has 5 nitrogen and oxygen atoms in total. The number of aryl methyl sites for hydroxylation is 1. The maximum Gasteiger partial charge on any atom is 0.251 e. The van der Waals surface area contributed by atoms with E-state index in [9.17, 15) is 4.79 Å². The molecule has 4 rings (SSSR count). The van der Waals surface area contributed by atoms with Crippen molar-refractivity contribution in [2.75, 3.05) is 6.61 Å². The number of imidazole rings is 1. The Morgan fingerprint density at radius 3 is 2.53 bits per heavy atom. The molecule has 6 heteroatoms. The topological polar surface area (TPSA) is 56.2 Å². The summed E-state index contributed by atoms with van der Waals surface area (Å²) in [7, 11) is 0. The first-order valence-corrected chi connectivity index (χ1v) is 11.2. The van der Waals surface area contributed by atoms with Crippen molar-refractivity contribution < 1.29 is 9.53 Å². The molecule has 1 amide bonds. The fourth-order valence-corrected chi connectivity index (χ4v) is 3.90. The average Bonchev–Trinajstić information content (AvgIpc) is 3.19. The van der Waals surface area contributed by atoms with Crippen molar-refractivity contribution >= 4 is 28.5 Å². The maximum absolute atomic E-state index is 12.6. The van der Waals surface area contributed by atoms with E-state index in [4.69, 9.17) is 21.3 Å². The van der Waals surface area contributed by atoms with Crippen molar-refractivity contribution in [3.8, 4) is 5.75 Å². The lowest BCUT2D eigenvalue weighted by Crippen LogP contribution is -2.28. The number of rotatable bonds is 9. The highest BCUT2D eigenvalue weighted by Gasteiger charge is 2.18. The second kappa shape index (κ2) is 10.3. The van der Waals surface area contributed by atoms with E-state index in [2.05, 4.69) is 16.0 Å². The summed E-state index contributed by atoms with van der Waals surface area (Å²) in [5.41, 5.74) is 2.63. The number of amides is 1. The number of hydrogen-bond acceptors (Lipinski definition) is 3. The van der Waals surface area contributed by atoms with E-state index in [0.717, 1.165) is 36.2 Å². The third-order valence-corrected chi connectivity index (χ3v) is 5.64. The van der Waals surface area contributed by atoms with E-state index in [1.54, 1.807) is 0 Å². The Hall–Kier alpha value is -3.31. The first-order valence-electron chi connectivity index (χ1n) is 10.8. The maximum atomic E-state index is 12.6. The number of nitrogens with one attached hydrogen (secondary N) is 1. The standard InChI is InChI=1S/C26H26ClN3O2/c1-19(28-26(31)20-11-3-2-4-12-20)25-29-22-14-6-7-15-23(22)30(25)17-9-10-18-32-24-16-8-5-13-21(24)27/h2-8,11-16,19H,9-10,17-18H2,1H3,(H,28,31). The van der Waals surface area contributed by atoms with Crippen LogP contribution in [-0.2, 0) is 6.54 Å².